The van der Waals surface area contributed by atoms with Crippen molar-refractivity contribution in [2.45, 2.75) is 138 Å². The van der Waals surface area contributed by atoms with Crippen LogP contribution in [0.2, 0.25) is 0 Å². The Balaban J connectivity index is 0.000000250. The van der Waals surface area contributed by atoms with Crippen LogP contribution in [0.4, 0.5) is 32.3 Å². The summed E-state index contributed by atoms with van der Waals surface area (Å²) in [4.78, 5) is 50.7. The largest absolute Gasteiger partial charge is 1.00 e. The molecule has 0 bridgehead atoms. The molecule has 6 atom stereocenters. The summed E-state index contributed by atoms with van der Waals surface area (Å²) >= 11 is 11.6. The van der Waals surface area contributed by atoms with Gasteiger partial charge in [-0.1, -0.05) is 146 Å². The number of hydrogen-bond donors (Lipinski definition) is 6. The van der Waals surface area contributed by atoms with E-state index in [4.69, 9.17) is 36.1 Å². The van der Waals surface area contributed by atoms with Crippen LogP contribution in [0, 0.1) is 13.8 Å². The molecule has 6 aromatic rings. The van der Waals surface area contributed by atoms with Crippen LogP contribution in [0.15, 0.2) is 166 Å². The first-order valence-electron chi connectivity index (χ1n) is 34.0. The topological polar surface area (TPSA) is 272 Å². The summed E-state index contributed by atoms with van der Waals surface area (Å²) in [5, 5.41) is 21.3. The van der Waals surface area contributed by atoms with Gasteiger partial charge in [0.15, 0.2) is 0 Å². The molecule has 7 N–H and O–H groups in total. The summed E-state index contributed by atoms with van der Waals surface area (Å²) in [5.41, 5.74) is 21.3. The Morgan fingerprint density at radius 2 is 0.796 bits per heavy atom. The van der Waals surface area contributed by atoms with Gasteiger partial charge in [-0.2, -0.15) is 36.4 Å². The zero-order valence-corrected chi connectivity index (χ0v) is 65.0. The number of benzene rings is 6. The second-order valence-corrected chi connectivity index (χ2v) is 32.6. The van der Waals surface area contributed by atoms with Gasteiger partial charge >= 0.3 is 77.0 Å². The number of aliphatic carboxylic acids is 1. The molecule has 6 aliphatic heterocycles. The van der Waals surface area contributed by atoms with Crippen LogP contribution in [0.1, 0.15) is 123 Å². The van der Waals surface area contributed by atoms with Crippen LogP contribution in [-0.2, 0) is 43.9 Å². The van der Waals surface area contributed by atoms with Crippen LogP contribution >= 0.6 is 70.6 Å². The zero-order valence-electron chi connectivity index (χ0n) is 58.4. The molecular weight excluding hydrogens is 1450 g/mol. The number of carbonyl (C=O) groups excluding carboxylic acids is 3. The van der Waals surface area contributed by atoms with Crippen molar-refractivity contribution in [3.8, 4) is 0 Å². The van der Waals surface area contributed by atoms with Crippen molar-refractivity contribution in [1.29, 1.82) is 0 Å². The number of nitrogens with one attached hydrogen (secondary N) is 4. The van der Waals surface area contributed by atoms with Gasteiger partial charge in [-0.3, -0.25) is 9.59 Å². The van der Waals surface area contributed by atoms with Crippen molar-refractivity contribution >= 4 is 149 Å². The molecule has 18 nitrogen and oxygen atoms in total. The first-order valence-corrected chi connectivity index (χ1v) is 42.1. The maximum Gasteiger partial charge on any atom is 1.00 e. The number of carboxylic acid groups (broad SMARTS) is 1. The molecule has 0 spiro atoms. The summed E-state index contributed by atoms with van der Waals surface area (Å²) in [6.45, 7) is 10.6. The Hall–Kier alpha value is -5.43. The van der Waals surface area contributed by atoms with Gasteiger partial charge < -0.3 is 55.8 Å². The Labute approximate surface area is 659 Å². The number of urea groups is 2. The number of unbranched alkanes of at least 4 members (excludes halogenated alkanes) is 3. The van der Waals surface area contributed by atoms with E-state index < -0.39 is 27.2 Å². The van der Waals surface area contributed by atoms with E-state index in [1.165, 1.54) is 75.8 Å². The number of thioether (sulfide) groups is 6. The Bertz CT molecular complexity index is 3880. The van der Waals surface area contributed by atoms with Gasteiger partial charge in [0.05, 0.1) is 24.2 Å². The minimum absolute atomic E-state index is 0. The van der Waals surface area contributed by atoms with Crippen LogP contribution < -0.4 is 74.5 Å². The second-order valence-electron chi connectivity index (χ2n) is 24.3. The van der Waals surface area contributed by atoms with Crippen LogP contribution in [0.5, 0.6) is 0 Å². The molecule has 0 unspecified atom stereocenters. The molecule has 12 rings (SSSR count). The molecule has 4 fully saturated rings. The predicted molar refractivity (Wildman–Crippen MR) is 420 cm³/mol. The number of rotatable bonds is 30. The number of carboxylic acids is 1. The normalized spacial score (nSPS) is 18.0. The van der Waals surface area contributed by atoms with Crippen LogP contribution in [-0.4, -0.2) is 130 Å². The number of hydrogen-bond acceptors (Lipinski definition) is 19. The van der Waals surface area contributed by atoms with Crippen molar-refractivity contribution in [2.75, 3.05) is 50.9 Å². The minimum Gasteiger partial charge on any atom is -0.481 e. The van der Waals surface area contributed by atoms with Crippen molar-refractivity contribution in [2.24, 2.45) is 5.73 Å². The van der Waals surface area contributed by atoms with E-state index in [9.17, 15) is 19.2 Å². The molecule has 0 saturated carbocycles. The Morgan fingerprint density at radius 3 is 1.16 bits per heavy atom. The monoisotopic (exact) mass is 1530 g/mol. The number of ketones is 1. The van der Waals surface area contributed by atoms with Gasteiger partial charge in [-0.15, -0.1) is 72.3 Å². The maximum absolute atomic E-state index is 12.7. The molecule has 103 heavy (non-hydrogen) atoms. The fraction of sp³-hybridized carbons (Fsp3) is 0.387. The first kappa shape index (κ1) is 86.5. The molecular formula is C75H89Li2N7O11S8. The van der Waals surface area contributed by atoms with E-state index in [0.29, 0.717) is 29.1 Å². The number of para-hydroxylation sites is 4. The predicted octanol–water partition coefficient (Wildman–Crippen LogP) is 9.10. The number of carbonyl (C=O) groups is 4. The van der Waals surface area contributed by atoms with E-state index in [1.807, 2.05) is 70.6 Å². The molecule has 540 valence electrons. The maximum atomic E-state index is 12.7. The summed E-state index contributed by atoms with van der Waals surface area (Å²) in [7, 11) is -6.22. The van der Waals surface area contributed by atoms with E-state index in [0.717, 1.165) is 125 Å². The van der Waals surface area contributed by atoms with Gasteiger partial charge in [0, 0.05) is 119 Å². The number of anilines is 4. The quantitative estimate of drug-likeness (QED) is 0.0106. The Kier molecular flexibility index (Phi) is 39.1. The van der Waals surface area contributed by atoms with Gasteiger partial charge in [0.25, 0.3) is 0 Å². The first-order chi connectivity index (χ1) is 49.1. The average Bonchev–Trinajstić information content (AvgIpc) is 1.64. The fourth-order valence-corrected chi connectivity index (χ4v) is 20.7. The number of amides is 4. The molecule has 0 aliphatic carbocycles. The van der Waals surface area contributed by atoms with Crippen LogP contribution in [0.3, 0.4) is 0 Å². The molecule has 0 radical (unpaired) electrons. The summed E-state index contributed by atoms with van der Waals surface area (Å²) in [5.74, 6) is 5.64. The molecule has 28 heteroatoms. The number of Topliss-reactive ketones (excluding diaryl/α,β-unsaturated/α-hetero) is 1. The second kappa shape index (κ2) is 46.6. The van der Waals surface area contributed by atoms with Crippen molar-refractivity contribution in [3.63, 3.8) is 0 Å². The van der Waals surface area contributed by atoms with E-state index in [1.54, 1.807) is 0 Å². The summed E-state index contributed by atoms with van der Waals surface area (Å²) in [6, 6.07) is 57.6. The molecule has 6 aromatic carbocycles. The molecule has 4 saturated heterocycles. The number of nitrogens with zero attached hydrogens (tertiary/aromatic N) is 2. The summed E-state index contributed by atoms with van der Waals surface area (Å²) < 4.78 is 53.4. The molecule has 6 aliphatic rings. The minimum atomic E-state index is -3.11. The van der Waals surface area contributed by atoms with E-state index in [-0.39, 0.29) is 80.4 Å². The van der Waals surface area contributed by atoms with Gasteiger partial charge in [-0.05, 0) is 110 Å². The van der Waals surface area contributed by atoms with E-state index in [2.05, 4.69) is 203 Å². The van der Waals surface area contributed by atoms with Gasteiger partial charge in [-0.25, -0.2) is 9.59 Å². The third-order valence-corrected chi connectivity index (χ3v) is 25.5. The summed E-state index contributed by atoms with van der Waals surface area (Å²) in [6.07, 6.45) is 12.1. The zero-order chi connectivity index (χ0) is 71.9. The Morgan fingerprint density at radius 1 is 0.466 bits per heavy atom. The average molecular weight is 1530 g/mol. The third-order valence-electron chi connectivity index (χ3n) is 17.3. The van der Waals surface area contributed by atoms with Crippen molar-refractivity contribution in [1.82, 2.24) is 21.3 Å². The number of fused-ring (bicyclic) bond motifs is 6. The van der Waals surface area contributed by atoms with Crippen LogP contribution in [0.25, 0.3) is 11.1 Å². The standard InChI is InChI=1S/C38H44N3O2S3.C27H29N2S2.C10H16N2O3S.2Li.2O3S/c1-2-23-44-37(45-24-13-12-17-28(42)16-6-11-22-34-36-31(26-46-34)39-38(43)40-36)35-29-18-7-9-20-32(29)41(25-27-14-4-3-5-15-27)33-21-10-8-19-30(33)35;1-2-18-30-27(31-19-10-17-28)26-22-13-6-8-15-24(22)29(20-21-11-4-3-5-12-21)25-16-9-7-14-23(25)26;13-8(14)4-2-1-3-7-9-6(5-16-7)11-10(15)12-9;;;2*1-4(2)3/h3-5,7-10,14-15,18-21,31,34,36H,1-2,6,11-13,16-17,22-26H2,(H2,39,40,43);3-9,11-16H,1-2,10,17-20,28H2;6-7,9H,1-5H2,(H,13,14)(H2,11,12,15);;;;/q2*-1;;2*+1;;/t31-,34-,36-;;6-,7-,9-;;;;/m1.1..../s1. The van der Waals surface area contributed by atoms with Gasteiger partial charge in [0.2, 0.25) is 0 Å². The van der Waals surface area contributed by atoms with Crippen molar-refractivity contribution in [3.05, 3.63) is 213 Å². The smallest absolute Gasteiger partial charge is 0.481 e. The van der Waals surface area contributed by atoms with Crippen molar-refractivity contribution < 1.29 is 87.3 Å². The number of nitrogens with two attached hydrogens (primary N) is 1. The molecule has 0 aromatic heterocycles. The fourth-order valence-electron chi connectivity index (χ4n) is 12.8. The molecule has 6 heterocycles. The third kappa shape index (κ3) is 26.8. The molecule has 4 amide bonds. The SMILES string of the molecule is O=C(O)CCCC[C@H]1SC[C@H]2NC(=O)N[C@H]21.O=S(=O)=O.O=S(=O)=O.[CH2-]CCSC(SCCCCC(=O)CCCC[C@H]1SC[C@H]2NC(=O)N[C@H]21)=C1c2ccccc2N(Cc2ccccc2)c2ccccc21.[CH2-]CCSC(SCCCN)=C1c2ccccc2N(Cc2ccccc2)c2ccccc21.[Li+].[Li+]. The van der Waals surface area contributed by atoms with E-state index >= 15 is 0 Å². The van der Waals surface area contributed by atoms with Gasteiger partial charge in [0.1, 0.15) is 5.78 Å².